The first kappa shape index (κ1) is 108. The maximum absolute atomic E-state index is 2.68. The average Bonchev–Trinajstić information content (AvgIpc) is 1.61. The molecule has 12 aromatic heterocycles. The summed E-state index contributed by atoms with van der Waals surface area (Å²) in [6.07, 6.45) is 89.5. The molecule has 0 amide bonds. The maximum Gasteiger partial charge on any atom is 0.0481 e. The molecule has 0 aliphatic heterocycles. The molecule has 0 aromatic carbocycles. The van der Waals surface area contributed by atoms with E-state index in [9.17, 15) is 0 Å². The molecule has 0 saturated heterocycles. The summed E-state index contributed by atoms with van der Waals surface area (Å²) >= 11 is 24.7. The van der Waals surface area contributed by atoms with E-state index < -0.39 is 0 Å². The Labute approximate surface area is 859 Å². The summed E-state index contributed by atoms with van der Waals surface area (Å²) in [6, 6.07) is 45.4. The number of rotatable bonds is 77. The monoisotopic (exact) mass is 2010 g/mol. The first-order chi connectivity index (χ1) is 65.7. The van der Waals surface area contributed by atoms with Crippen LogP contribution in [0.1, 0.15) is 465 Å². The molecule has 0 bridgehead atoms. The van der Waals surface area contributed by atoms with Crippen LogP contribution in [0, 0.1) is 6.92 Å². The van der Waals surface area contributed by atoms with Crippen molar-refractivity contribution >= 4 is 136 Å². The van der Waals surface area contributed by atoms with Gasteiger partial charge in [-0.05, 0) is 232 Å². The van der Waals surface area contributed by atoms with Gasteiger partial charge in [0.2, 0.25) is 0 Å². The Balaban J connectivity index is 0.797. The van der Waals surface area contributed by atoms with Crippen LogP contribution in [0.3, 0.4) is 0 Å². The molecule has 12 aromatic rings. The fourth-order valence-corrected chi connectivity index (χ4v) is 34.1. The van der Waals surface area contributed by atoms with E-state index in [1.54, 1.807) is 33.4 Å². The summed E-state index contributed by atoms with van der Waals surface area (Å²) in [6.45, 7) is 16.3. The molecular formula is C121H172S12. The molecule has 12 heteroatoms. The zero-order valence-electron chi connectivity index (χ0n) is 84.0. The van der Waals surface area contributed by atoms with Crippen LogP contribution in [0.5, 0.6) is 0 Å². The van der Waals surface area contributed by atoms with Crippen LogP contribution in [0.4, 0.5) is 0 Å². The summed E-state index contributed by atoms with van der Waals surface area (Å²) in [5.41, 5.74) is 9.43. The van der Waals surface area contributed by atoms with Gasteiger partial charge in [-0.15, -0.1) is 136 Å². The fourth-order valence-electron chi connectivity index (χ4n) is 19.9. The highest BCUT2D eigenvalue weighted by molar-refractivity contribution is 7.33. The van der Waals surface area contributed by atoms with Crippen LogP contribution in [0.15, 0.2) is 115 Å². The van der Waals surface area contributed by atoms with Gasteiger partial charge in [-0.1, -0.05) is 388 Å². The largest absolute Gasteiger partial charge is 0.143 e. The van der Waals surface area contributed by atoms with Gasteiger partial charge in [0.15, 0.2) is 0 Å². The maximum atomic E-state index is 2.68. The van der Waals surface area contributed by atoms with E-state index >= 15 is 0 Å². The van der Waals surface area contributed by atoms with E-state index in [-0.39, 0.29) is 0 Å². The zero-order valence-corrected chi connectivity index (χ0v) is 93.8. The Morgan fingerprint density at radius 1 is 0.143 bits per heavy atom. The lowest BCUT2D eigenvalue weighted by Gasteiger charge is -2.04. The Morgan fingerprint density at radius 2 is 0.308 bits per heavy atom. The Kier molecular flexibility index (Phi) is 52.1. The van der Waals surface area contributed by atoms with Gasteiger partial charge in [0.1, 0.15) is 0 Å². The molecule has 12 rings (SSSR count). The predicted molar refractivity (Wildman–Crippen MR) is 619 cm³/mol. The lowest BCUT2D eigenvalue weighted by Crippen LogP contribution is -1.87. The van der Waals surface area contributed by atoms with Gasteiger partial charge in [-0.2, -0.15) is 0 Å². The van der Waals surface area contributed by atoms with E-state index in [0.29, 0.717) is 0 Å². The third kappa shape index (κ3) is 36.7. The Bertz CT molecular complexity index is 5020. The van der Waals surface area contributed by atoms with E-state index in [1.807, 2.05) is 68.0 Å². The molecule has 0 aliphatic carbocycles. The van der Waals surface area contributed by atoms with Gasteiger partial charge in [-0.3, -0.25) is 0 Å². The van der Waals surface area contributed by atoms with Gasteiger partial charge in [0.25, 0.3) is 0 Å². The molecule has 0 aliphatic rings. The highest BCUT2D eigenvalue weighted by atomic mass is 32.1. The Hall–Kier alpha value is -3.60. The second-order valence-corrected chi connectivity index (χ2v) is 52.3. The van der Waals surface area contributed by atoms with E-state index in [4.69, 9.17) is 0 Å². The number of hydrogen-bond acceptors (Lipinski definition) is 12. The molecule has 0 unspecified atom stereocenters. The van der Waals surface area contributed by atoms with Gasteiger partial charge in [0.05, 0.1) is 0 Å². The molecular weight excluding hydrogens is 1840 g/mol. The summed E-state index contributed by atoms with van der Waals surface area (Å²) in [5.74, 6) is 0. The van der Waals surface area contributed by atoms with Crippen molar-refractivity contribution < 1.29 is 0 Å². The summed E-state index contributed by atoms with van der Waals surface area (Å²) < 4.78 is 0. The zero-order chi connectivity index (χ0) is 92.3. The first-order valence-electron chi connectivity index (χ1n) is 55.0. The van der Waals surface area contributed by atoms with Crippen LogP contribution >= 0.6 is 136 Å². The standard InChI is InChI=1S/C121H172S12/c1-8-14-20-26-32-38-44-50-56-62-68-94-86-87-122-116(94)106-80-74-100(124-106)101-76-82-108(126-101)118-96(70-64-58-52-46-40-34-28-22-16-10-3)89-112(130-118)113-91-98(72-66-60-54-48-42-36-30-24-18-12-5)120(132-113)110-84-78-104(128-110)105-79-85-111(129-105)121-99(73-67-61-55-49-43-37-31-25-19-13-6)92-115(133-121)114-90-97(71-65-59-53-47-41-35-29-23-17-11-4)119(131-114)109-83-77-103(127-109)102-75-81-107(125-102)117-95(88-93(7)123-117)69-63-57-51-45-39-33-27-21-15-9-2/h74-92H,8-73H2,1-7H3. The summed E-state index contributed by atoms with van der Waals surface area (Å²) in [7, 11) is 0. The molecule has 12 heterocycles. The van der Waals surface area contributed by atoms with Crippen LogP contribution in [-0.2, 0) is 38.5 Å². The highest BCUT2D eigenvalue weighted by Gasteiger charge is 2.25. The van der Waals surface area contributed by atoms with Gasteiger partial charge in [0, 0.05) is 112 Å². The molecule has 0 N–H and O–H groups in total. The quantitative estimate of drug-likeness (QED) is 0.0333. The van der Waals surface area contributed by atoms with Crippen molar-refractivity contribution in [3.05, 3.63) is 153 Å². The molecule has 0 spiro atoms. The lowest BCUT2D eigenvalue weighted by atomic mass is 10.0. The van der Waals surface area contributed by atoms with Crippen molar-refractivity contribution in [2.45, 2.75) is 472 Å². The van der Waals surface area contributed by atoms with Crippen LogP contribution < -0.4 is 0 Å². The highest BCUT2D eigenvalue weighted by Crippen LogP contribution is 2.54. The predicted octanol–water partition coefficient (Wildman–Crippen LogP) is 47.9. The van der Waals surface area contributed by atoms with Gasteiger partial charge in [-0.25, -0.2) is 0 Å². The van der Waals surface area contributed by atoms with Crippen LogP contribution in [0.25, 0.3) is 107 Å². The molecule has 0 nitrogen and oxygen atoms in total. The molecule has 728 valence electrons. The van der Waals surface area contributed by atoms with Crippen LogP contribution in [-0.4, -0.2) is 0 Å². The smallest absolute Gasteiger partial charge is 0.0481 e. The minimum Gasteiger partial charge on any atom is -0.143 e. The second kappa shape index (κ2) is 64.0. The number of thiophene rings is 12. The molecule has 0 radical (unpaired) electrons. The topological polar surface area (TPSA) is 0 Å². The third-order valence-corrected chi connectivity index (χ3v) is 43.2. The van der Waals surface area contributed by atoms with E-state index in [0.717, 1.165) is 25.7 Å². The SMILES string of the molecule is CCCCCCCCCCCCc1ccsc1-c1ccc(-c2ccc(-c3sc(-c4cc(CCCCCCCCCCCC)c(-c5ccc(-c6ccc(-c7sc(-c8cc(CCCCCCCCCCCC)c(-c9ccc(-c%10ccc(-c%11sc(C)cc%11CCCCCCCCCCCC)s%10)s9)s8)cc7CCCCCCCCCCCC)s6)s5)s4)cc3CCCCCCCCCCCC)s2)s1. The molecule has 0 saturated carbocycles. The minimum atomic E-state index is 1.15. The van der Waals surface area contributed by atoms with Crippen molar-refractivity contribution in [2.75, 3.05) is 0 Å². The van der Waals surface area contributed by atoms with Crippen molar-refractivity contribution in [3.8, 4) is 107 Å². The molecule has 0 fully saturated rings. The van der Waals surface area contributed by atoms with Crippen LogP contribution in [0.2, 0.25) is 0 Å². The van der Waals surface area contributed by atoms with Crippen molar-refractivity contribution in [1.29, 1.82) is 0 Å². The minimum absolute atomic E-state index is 1.15. The van der Waals surface area contributed by atoms with Gasteiger partial charge < -0.3 is 0 Å². The number of hydrogen-bond donors (Lipinski definition) is 0. The Morgan fingerprint density at radius 3 is 0.519 bits per heavy atom. The summed E-state index contributed by atoms with van der Waals surface area (Å²) in [4.78, 5) is 33.7. The number of unbranched alkanes of at least 4 members (excludes halogenated alkanes) is 54. The normalized spacial score (nSPS) is 11.9. The van der Waals surface area contributed by atoms with Gasteiger partial charge >= 0.3 is 0 Å². The lowest BCUT2D eigenvalue weighted by molar-refractivity contribution is 0.556. The summed E-state index contributed by atoms with van der Waals surface area (Å²) in [5, 5.41) is 2.35. The van der Waals surface area contributed by atoms with Crippen molar-refractivity contribution in [2.24, 2.45) is 0 Å². The molecule has 0 atom stereocenters. The third-order valence-electron chi connectivity index (χ3n) is 27.9. The first-order valence-corrected chi connectivity index (χ1v) is 64.9. The van der Waals surface area contributed by atoms with Crippen molar-refractivity contribution in [3.63, 3.8) is 0 Å². The van der Waals surface area contributed by atoms with E-state index in [1.165, 1.54) is 510 Å². The second-order valence-electron chi connectivity index (χ2n) is 39.4. The van der Waals surface area contributed by atoms with Crippen molar-refractivity contribution in [1.82, 2.24) is 0 Å². The average molecular weight is 2010 g/mol. The fraction of sp³-hybridized carbons (Fsp3) is 0.603. The molecule has 133 heavy (non-hydrogen) atoms. The van der Waals surface area contributed by atoms with E-state index in [2.05, 4.69) is 231 Å². The number of aryl methyl sites for hydroxylation is 7.